The predicted molar refractivity (Wildman–Crippen MR) is 111 cm³/mol. The molecule has 1 saturated carbocycles. The van der Waals surface area contributed by atoms with Crippen LogP contribution in [-0.2, 0) is 0 Å². The number of aromatic amines is 1. The van der Waals surface area contributed by atoms with E-state index in [1.54, 1.807) is 12.3 Å². The molecule has 2 aromatic heterocycles. The Balaban J connectivity index is 1.41. The Morgan fingerprint density at radius 3 is 2.34 bits per heavy atom. The number of alkyl halides is 3. The lowest BCUT2D eigenvalue weighted by Crippen LogP contribution is -2.31. The van der Waals surface area contributed by atoms with E-state index in [1.807, 2.05) is 6.07 Å². The first-order chi connectivity index (χ1) is 15.3. The number of nitrogens with zero attached hydrogens (tertiary/aromatic N) is 2. The molecular formula is C24H20F5N3. The molecule has 0 saturated heterocycles. The number of rotatable bonds is 3. The summed E-state index contributed by atoms with van der Waals surface area (Å²) in [5.74, 6) is -3.42. The van der Waals surface area contributed by atoms with Crippen molar-refractivity contribution in [3.05, 3.63) is 71.7 Å². The minimum absolute atomic E-state index is 0.0391. The van der Waals surface area contributed by atoms with Crippen molar-refractivity contribution >= 4 is 21.9 Å². The van der Waals surface area contributed by atoms with Crippen LogP contribution in [0.2, 0.25) is 0 Å². The maximum atomic E-state index is 14.1. The largest absolute Gasteiger partial charge is 0.399 e. The van der Waals surface area contributed by atoms with Gasteiger partial charge in [-0.3, -0.25) is 4.98 Å². The van der Waals surface area contributed by atoms with E-state index in [9.17, 15) is 22.0 Å². The van der Waals surface area contributed by atoms with Crippen LogP contribution in [0.25, 0.3) is 21.9 Å². The van der Waals surface area contributed by atoms with Crippen LogP contribution in [0.3, 0.4) is 0 Å². The second kappa shape index (κ2) is 7.83. The van der Waals surface area contributed by atoms with E-state index in [4.69, 9.17) is 0 Å². The summed E-state index contributed by atoms with van der Waals surface area (Å²) in [6.45, 7) is 0. The van der Waals surface area contributed by atoms with Crippen molar-refractivity contribution < 1.29 is 22.0 Å². The van der Waals surface area contributed by atoms with E-state index in [0.717, 1.165) is 11.6 Å². The number of H-pyrrole nitrogens is 1. The Labute approximate surface area is 180 Å². The fourth-order valence-electron chi connectivity index (χ4n) is 5.05. The maximum Gasteiger partial charge on any atom is 0.399 e. The Hall–Kier alpha value is -3.03. The minimum Gasteiger partial charge on any atom is -0.341 e. The minimum atomic E-state index is -4.48. The summed E-state index contributed by atoms with van der Waals surface area (Å²) in [7, 11) is 0. The third-order valence-electron chi connectivity index (χ3n) is 6.53. The fourth-order valence-corrected chi connectivity index (χ4v) is 5.05. The first-order valence-electron chi connectivity index (χ1n) is 10.6. The van der Waals surface area contributed by atoms with Crippen molar-refractivity contribution in [2.45, 2.75) is 43.7 Å². The molecule has 8 heteroatoms. The van der Waals surface area contributed by atoms with Gasteiger partial charge in [0.25, 0.3) is 0 Å². The van der Waals surface area contributed by atoms with Gasteiger partial charge in [0.15, 0.2) is 0 Å². The molecule has 2 heterocycles. The lowest BCUT2D eigenvalue weighted by molar-refractivity contribution is -0.166. The Morgan fingerprint density at radius 1 is 0.875 bits per heavy atom. The zero-order chi connectivity index (χ0) is 22.5. The molecule has 32 heavy (non-hydrogen) atoms. The van der Waals surface area contributed by atoms with Gasteiger partial charge < -0.3 is 4.98 Å². The average Bonchev–Trinajstić information content (AvgIpc) is 3.15. The molecule has 1 fully saturated rings. The number of aromatic nitrogens is 3. The number of pyridine rings is 1. The predicted octanol–water partition coefficient (Wildman–Crippen LogP) is 7.01. The van der Waals surface area contributed by atoms with Crippen LogP contribution in [0.1, 0.15) is 48.9 Å². The van der Waals surface area contributed by atoms with Crippen LogP contribution < -0.4 is 0 Å². The summed E-state index contributed by atoms with van der Waals surface area (Å²) >= 11 is 0. The summed E-state index contributed by atoms with van der Waals surface area (Å²) in [5.41, 5.74) is 2.17. The Bertz CT molecular complexity index is 1270. The third kappa shape index (κ3) is 3.82. The van der Waals surface area contributed by atoms with E-state index < -0.39 is 23.8 Å². The molecule has 0 aliphatic heterocycles. The number of imidazole rings is 1. The van der Waals surface area contributed by atoms with Gasteiger partial charge in [0.2, 0.25) is 0 Å². The van der Waals surface area contributed by atoms with E-state index in [2.05, 4.69) is 15.0 Å². The molecule has 3 nitrogen and oxygen atoms in total. The summed E-state index contributed by atoms with van der Waals surface area (Å²) in [4.78, 5) is 11.1. The highest BCUT2D eigenvalue weighted by atomic mass is 19.4. The summed E-state index contributed by atoms with van der Waals surface area (Å²) in [6, 6.07) is 9.97. The van der Waals surface area contributed by atoms with E-state index >= 15 is 0 Å². The van der Waals surface area contributed by atoms with Crippen LogP contribution in [0.15, 0.2) is 48.7 Å². The zero-order valence-electron chi connectivity index (χ0n) is 17.0. The monoisotopic (exact) mass is 445 g/mol. The first kappa shape index (κ1) is 20.8. The van der Waals surface area contributed by atoms with Gasteiger partial charge in [-0.05, 0) is 79.5 Å². The van der Waals surface area contributed by atoms with Crippen LogP contribution in [0.4, 0.5) is 22.0 Å². The number of benzene rings is 2. The Morgan fingerprint density at radius 2 is 1.59 bits per heavy atom. The maximum absolute atomic E-state index is 14.1. The van der Waals surface area contributed by atoms with Crippen molar-refractivity contribution in [2.24, 2.45) is 5.92 Å². The topological polar surface area (TPSA) is 41.6 Å². The molecule has 0 amide bonds. The number of halogens is 5. The molecule has 1 N–H and O–H groups in total. The zero-order valence-corrected chi connectivity index (χ0v) is 17.0. The quantitative estimate of drug-likeness (QED) is 0.345. The van der Waals surface area contributed by atoms with Gasteiger partial charge in [-0.15, -0.1) is 0 Å². The van der Waals surface area contributed by atoms with E-state index in [0.29, 0.717) is 42.1 Å². The van der Waals surface area contributed by atoms with Crippen LogP contribution >= 0.6 is 0 Å². The van der Waals surface area contributed by atoms with Crippen LogP contribution in [0.5, 0.6) is 0 Å². The number of hydrogen-bond acceptors (Lipinski definition) is 2. The van der Waals surface area contributed by atoms with Crippen molar-refractivity contribution in [3.8, 4) is 0 Å². The second-order valence-corrected chi connectivity index (χ2v) is 8.48. The van der Waals surface area contributed by atoms with E-state index in [1.165, 1.54) is 24.3 Å². The molecular weight excluding hydrogens is 425 g/mol. The van der Waals surface area contributed by atoms with Crippen molar-refractivity contribution in [1.29, 1.82) is 0 Å². The average molecular weight is 445 g/mol. The summed E-state index contributed by atoms with van der Waals surface area (Å²) in [5, 5.41) is 0.711. The molecule has 0 bridgehead atoms. The molecule has 1 atom stereocenters. The smallest absolute Gasteiger partial charge is 0.341 e. The highest BCUT2D eigenvalue weighted by Gasteiger charge is 2.48. The summed E-state index contributed by atoms with van der Waals surface area (Å²) < 4.78 is 69.5. The molecule has 0 radical (unpaired) electrons. The van der Waals surface area contributed by atoms with Crippen molar-refractivity contribution in [2.75, 3.05) is 0 Å². The first-order valence-corrected chi connectivity index (χ1v) is 10.6. The number of fused-ring (bicyclic) bond motifs is 2. The normalized spacial score (nSPS) is 20.7. The van der Waals surface area contributed by atoms with Crippen molar-refractivity contribution in [1.82, 2.24) is 15.0 Å². The van der Waals surface area contributed by atoms with E-state index in [-0.39, 0.29) is 23.1 Å². The van der Waals surface area contributed by atoms with Gasteiger partial charge in [0, 0.05) is 17.6 Å². The van der Waals surface area contributed by atoms with Gasteiger partial charge in [0.05, 0.1) is 16.6 Å². The SMILES string of the molecule is Fc1ccc2[nH]c([C@@H]([C@H]3CC[C@@H](c4ccnc5ccc(F)cc54)CC3)C(F)(F)F)nc2c1. The molecule has 0 unspecified atom stereocenters. The molecule has 1 aliphatic rings. The lowest BCUT2D eigenvalue weighted by atomic mass is 9.73. The van der Waals surface area contributed by atoms with Crippen LogP contribution in [-0.4, -0.2) is 21.1 Å². The highest BCUT2D eigenvalue weighted by Crippen LogP contribution is 2.48. The van der Waals surface area contributed by atoms with Gasteiger partial charge in [-0.1, -0.05) is 0 Å². The van der Waals surface area contributed by atoms with Crippen molar-refractivity contribution in [3.63, 3.8) is 0 Å². The molecule has 166 valence electrons. The molecule has 1 aliphatic carbocycles. The highest BCUT2D eigenvalue weighted by molar-refractivity contribution is 5.82. The summed E-state index contributed by atoms with van der Waals surface area (Å²) in [6.07, 6.45) is -0.980. The molecule has 2 aromatic carbocycles. The number of hydrogen-bond donors (Lipinski definition) is 1. The van der Waals surface area contributed by atoms with Gasteiger partial charge in [0.1, 0.15) is 23.4 Å². The van der Waals surface area contributed by atoms with Gasteiger partial charge >= 0.3 is 6.18 Å². The lowest BCUT2D eigenvalue weighted by Gasteiger charge is -2.34. The third-order valence-corrected chi connectivity index (χ3v) is 6.53. The van der Waals surface area contributed by atoms with Gasteiger partial charge in [-0.25, -0.2) is 13.8 Å². The molecule has 0 spiro atoms. The number of nitrogens with one attached hydrogen (secondary N) is 1. The molecule has 5 rings (SSSR count). The Kier molecular flexibility index (Phi) is 5.10. The fraction of sp³-hybridized carbons (Fsp3) is 0.333. The molecule has 4 aromatic rings. The van der Waals surface area contributed by atoms with Gasteiger partial charge in [-0.2, -0.15) is 13.2 Å². The van der Waals surface area contributed by atoms with Crippen LogP contribution in [0, 0.1) is 17.6 Å². The second-order valence-electron chi connectivity index (χ2n) is 8.48. The standard InChI is InChI=1S/C24H20F5N3/c25-15-5-7-19-18(11-15)17(9-10-30-19)13-1-3-14(4-2-13)22(24(27,28)29)23-31-20-8-6-16(26)12-21(20)32-23/h5-14,22H,1-4H2,(H,31,32)/t13-,14+,22-/m1/s1.